The van der Waals surface area contributed by atoms with Crippen LogP contribution < -0.4 is 15.0 Å². The molecule has 0 spiro atoms. The maximum absolute atomic E-state index is 13.3. The van der Waals surface area contributed by atoms with Crippen molar-refractivity contribution in [1.29, 1.82) is 0 Å². The smallest absolute Gasteiger partial charge is 0.261 e. The Morgan fingerprint density at radius 2 is 2.09 bits per heavy atom. The Balaban J connectivity index is 1.30. The van der Waals surface area contributed by atoms with E-state index < -0.39 is 5.60 Å². The van der Waals surface area contributed by atoms with Gasteiger partial charge in [0, 0.05) is 56.6 Å². The normalized spacial score (nSPS) is 22.9. The van der Waals surface area contributed by atoms with E-state index in [0.717, 1.165) is 62.1 Å². The number of benzene rings is 1. The van der Waals surface area contributed by atoms with Crippen LogP contribution in [0, 0.1) is 0 Å². The molecular weight excluding hydrogens is 436 g/mol. The highest BCUT2D eigenvalue weighted by Gasteiger charge is 2.36. The van der Waals surface area contributed by atoms with Crippen molar-refractivity contribution in [2.45, 2.75) is 25.0 Å². The van der Waals surface area contributed by atoms with E-state index in [2.05, 4.69) is 25.2 Å². The molecule has 0 aliphatic carbocycles. The van der Waals surface area contributed by atoms with Crippen LogP contribution in [-0.4, -0.2) is 88.2 Å². The maximum atomic E-state index is 13.3. The Hall–Kier alpha value is -3.21. The Labute approximate surface area is 197 Å². The molecule has 2 aromatic heterocycles. The van der Waals surface area contributed by atoms with Crippen LogP contribution in [0.3, 0.4) is 0 Å². The fourth-order valence-electron chi connectivity index (χ4n) is 4.94. The van der Waals surface area contributed by atoms with Gasteiger partial charge in [-0.1, -0.05) is 0 Å². The predicted molar refractivity (Wildman–Crippen MR) is 126 cm³/mol. The first kappa shape index (κ1) is 21.3. The number of amides is 1. The van der Waals surface area contributed by atoms with Crippen molar-refractivity contribution >= 4 is 22.9 Å². The van der Waals surface area contributed by atoms with E-state index in [1.54, 1.807) is 23.0 Å². The molecule has 178 valence electrons. The number of carbonyl (C=O) groups excluding carboxylic acids is 1. The van der Waals surface area contributed by atoms with Gasteiger partial charge < -0.3 is 24.8 Å². The Bertz CT molecular complexity index is 1230. The summed E-state index contributed by atoms with van der Waals surface area (Å²) >= 11 is 0. The number of nitrogens with one attached hydrogen (secondary N) is 1. The molecule has 0 saturated carbocycles. The van der Waals surface area contributed by atoms with Gasteiger partial charge in [-0.25, -0.2) is 9.50 Å². The minimum atomic E-state index is -0.655. The first-order valence-corrected chi connectivity index (χ1v) is 11.7. The quantitative estimate of drug-likeness (QED) is 0.580. The number of rotatable bonds is 5. The van der Waals surface area contributed by atoms with E-state index in [1.807, 2.05) is 19.1 Å². The number of hydrogen-bond acceptors (Lipinski definition) is 8. The summed E-state index contributed by atoms with van der Waals surface area (Å²) in [6.45, 7) is 6.99. The molecule has 1 atom stereocenters. The molecule has 2 N–H and O–H groups in total. The van der Waals surface area contributed by atoms with Gasteiger partial charge in [-0.2, -0.15) is 5.10 Å². The van der Waals surface area contributed by atoms with Crippen molar-refractivity contribution in [2.75, 3.05) is 56.2 Å². The molecule has 10 heteroatoms. The number of aromatic nitrogens is 3. The van der Waals surface area contributed by atoms with Crippen molar-refractivity contribution in [2.24, 2.45) is 0 Å². The number of aliphatic hydroxyl groups is 1. The second kappa shape index (κ2) is 8.23. The lowest BCUT2D eigenvalue weighted by Gasteiger charge is -2.43. The van der Waals surface area contributed by atoms with Crippen molar-refractivity contribution in [3.05, 3.63) is 47.9 Å². The fraction of sp³-hybridized carbons (Fsp3) is 0.458. The number of carbonyl (C=O) groups is 1. The van der Waals surface area contributed by atoms with Gasteiger partial charge in [0.05, 0.1) is 43.4 Å². The van der Waals surface area contributed by atoms with E-state index >= 15 is 0 Å². The molecule has 34 heavy (non-hydrogen) atoms. The highest BCUT2D eigenvalue weighted by molar-refractivity contribution is 6.09. The Kier molecular flexibility index (Phi) is 5.16. The molecular formula is C24H28N6O4. The molecule has 1 aromatic carbocycles. The van der Waals surface area contributed by atoms with Crippen LogP contribution in [-0.2, 0) is 11.2 Å². The van der Waals surface area contributed by atoms with Crippen LogP contribution in [0.1, 0.15) is 22.8 Å². The van der Waals surface area contributed by atoms with Crippen LogP contribution in [0.15, 0.2) is 36.8 Å². The number of fused-ring (bicyclic) bond motifs is 2. The zero-order valence-electron chi connectivity index (χ0n) is 19.1. The number of aliphatic hydroxyl groups excluding tert-OH is 1. The zero-order chi connectivity index (χ0) is 23.3. The maximum Gasteiger partial charge on any atom is 0.261 e. The summed E-state index contributed by atoms with van der Waals surface area (Å²) in [6.07, 6.45) is 5.53. The van der Waals surface area contributed by atoms with E-state index in [4.69, 9.17) is 9.47 Å². The first-order chi connectivity index (χ1) is 16.5. The highest BCUT2D eigenvalue weighted by Crippen LogP contribution is 2.42. The molecule has 3 aliphatic rings. The van der Waals surface area contributed by atoms with Gasteiger partial charge in [0.25, 0.3) is 5.91 Å². The van der Waals surface area contributed by atoms with E-state index in [9.17, 15) is 9.90 Å². The fourth-order valence-corrected chi connectivity index (χ4v) is 4.94. The highest BCUT2D eigenvalue weighted by atomic mass is 16.5. The summed E-state index contributed by atoms with van der Waals surface area (Å²) in [5, 5.41) is 17.2. The van der Waals surface area contributed by atoms with Gasteiger partial charge >= 0.3 is 0 Å². The molecule has 0 unspecified atom stereocenters. The average molecular weight is 465 g/mol. The zero-order valence-corrected chi connectivity index (χ0v) is 19.1. The van der Waals surface area contributed by atoms with Gasteiger partial charge in [0.15, 0.2) is 5.65 Å². The third-order valence-electron chi connectivity index (χ3n) is 7.00. The van der Waals surface area contributed by atoms with Crippen LogP contribution in [0.5, 0.6) is 5.75 Å². The molecule has 10 nitrogen and oxygen atoms in total. The van der Waals surface area contributed by atoms with Crippen LogP contribution in [0.25, 0.3) is 5.65 Å². The molecule has 5 heterocycles. The van der Waals surface area contributed by atoms with Crippen molar-refractivity contribution in [3.63, 3.8) is 0 Å². The number of nitrogens with zero attached hydrogens (tertiary/aromatic N) is 5. The Morgan fingerprint density at radius 3 is 2.82 bits per heavy atom. The lowest BCUT2D eigenvalue weighted by molar-refractivity contribution is -0.0660. The Morgan fingerprint density at radius 1 is 1.26 bits per heavy atom. The molecule has 1 amide bonds. The van der Waals surface area contributed by atoms with Crippen molar-refractivity contribution in [1.82, 2.24) is 19.5 Å². The van der Waals surface area contributed by atoms with E-state index in [0.29, 0.717) is 23.7 Å². The lowest BCUT2D eigenvalue weighted by atomic mass is 9.99. The van der Waals surface area contributed by atoms with Crippen molar-refractivity contribution in [3.8, 4) is 5.75 Å². The van der Waals surface area contributed by atoms with Gasteiger partial charge in [0.2, 0.25) is 0 Å². The summed E-state index contributed by atoms with van der Waals surface area (Å²) in [5.74, 6) is 0.501. The minimum absolute atomic E-state index is 0.0745. The predicted octanol–water partition coefficient (Wildman–Crippen LogP) is 1.19. The number of piperazine rings is 1. The largest absolute Gasteiger partial charge is 0.484 e. The first-order valence-electron chi connectivity index (χ1n) is 11.7. The number of hydrogen-bond donors (Lipinski definition) is 2. The second-order valence-corrected chi connectivity index (χ2v) is 9.48. The summed E-state index contributed by atoms with van der Waals surface area (Å²) in [6, 6.07) is 6.27. The molecule has 3 aliphatic heterocycles. The van der Waals surface area contributed by atoms with E-state index in [1.165, 1.54) is 6.20 Å². The second-order valence-electron chi connectivity index (χ2n) is 9.48. The topological polar surface area (TPSA) is 104 Å². The minimum Gasteiger partial charge on any atom is -0.484 e. The SMILES string of the molecule is C[C@@]1(CO)Cc2cc(NC(=O)c3cnn4cccnc34)c(N3CCN(C4COC4)CC3)cc2O1. The van der Waals surface area contributed by atoms with E-state index in [-0.39, 0.29) is 12.5 Å². The summed E-state index contributed by atoms with van der Waals surface area (Å²) < 4.78 is 13.1. The lowest BCUT2D eigenvalue weighted by Crippen LogP contribution is -2.56. The summed E-state index contributed by atoms with van der Waals surface area (Å²) in [7, 11) is 0. The molecule has 0 radical (unpaired) electrons. The monoisotopic (exact) mass is 464 g/mol. The van der Waals surface area contributed by atoms with Gasteiger partial charge in [-0.15, -0.1) is 0 Å². The molecule has 3 aromatic rings. The van der Waals surface area contributed by atoms with Crippen LogP contribution in [0.4, 0.5) is 11.4 Å². The molecule has 6 rings (SSSR count). The van der Waals surface area contributed by atoms with Gasteiger partial charge in [-0.3, -0.25) is 9.69 Å². The number of ether oxygens (including phenoxy) is 2. The summed E-state index contributed by atoms with van der Waals surface area (Å²) in [5.41, 5.74) is 2.89. The summed E-state index contributed by atoms with van der Waals surface area (Å²) in [4.78, 5) is 22.3. The van der Waals surface area contributed by atoms with Gasteiger partial charge in [0.1, 0.15) is 16.9 Å². The molecule has 2 fully saturated rings. The molecule has 2 saturated heterocycles. The third kappa shape index (κ3) is 3.67. The van der Waals surface area contributed by atoms with Crippen molar-refractivity contribution < 1.29 is 19.4 Å². The third-order valence-corrected chi connectivity index (χ3v) is 7.00. The average Bonchev–Trinajstić information content (AvgIpc) is 3.39. The van der Waals surface area contributed by atoms with Gasteiger partial charge in [-0.05, 0) is 19.1 Å². The number of anilines is 2. The molecule has 0 bridgehead atoms. The van der Waals surface area contributed by atoms with Crippen LogP contribution >= 0.6 is 0 Å². The van der Waals surface area contributed by atoms with Crippen LogP contribution in [0.2, 0.25) is 0 Å². The standard InChI is InChI=1S/C24H28N6O4/c1-24(15-31)11-16-9-19(27-23(32)18-12-26-30-4-2-3-25-22(18)30)20(10-21(16)34-24)29-7-5-28(6-8-29)17-13-33-14-17/h2-4,9-10,12,17,31H,5-8,11,13-15H2,1H3,(H,27,32)/t24-/m0/s1.